The summed E-state index contributed by atoms with van der Waals surface area (Å²) in [6.45, 7) is 6.10. The van der Waals surface area contributed by atoms with Gasteiger partial charge in [-0.3, -0.25) is 0 Å². The highest BCUT2D eigenvalue weighted by molar-refractivity contribution is 5.45. The van der Waals surface area contributed by atoms with Crippen LogP contribution in [0.4, 0.5) is 0 Å². The van der Waals surface area contributed by atoms with Crippen molar-refractivity contribution in [2.45, 2.75) is 26.3 Å². The first-order valence-electron chi connectivity index (χ1n) is 6.37. The zero-order valence-electron chi connectivity index (χ0n) is 11.0. The SMILES string of the molecule is CC#CCOc1ccc2c(c1)OCC2NCCC. The Morgan fingerprint density at radius 3 is 3.17 bits per heavy atom. The van der Waals surface area contributed by atoms with Crippen molar-refractivity contribution in [1.29, 1.82) is 0 Å². The van der Waals surface area contributed by atoms with Gasteiger partial charge in [0.15, 0.2) is 0 Å². The molecule has 1 unspecified atom stereocenters. The maximum absolute atomic E-state index is 5.68. The summed E-state index contributed by atoms with van der Waals surface area (Å²) in [6.07, 6.45) is 1.13. The van der Waals surface area contributed by atoms with Crippen LogP contribution in [0, 0.1) is 11.8 Å². The van der Waals surface area contributed by atoms with Gasteiger partial charge in [-0.15, -0.1) is 5.92 Å². The Labute approximate surface area is 108 Å². The third-order valence-electron chi connectivity index (χ3n) is 2.89. The summed E-state index contributed by atoms with van der Waals surface area (Å²) in [4.78, 5) is 0. The van der Waals surface area contributed by atoms with Gasteiger partial charge < -0.3 is 14.8 Å². The van der Waals surface area contributed by atoms with E-state index in [1.807, 2.05) is 12.1 Å². The lowest BCUT2D eigenvalue weighted by Crippen LogP contribution is -2.22. The quantitative estimate of drug-likeness (QED) is 0.809. The van der Waals surface area contributed by atoms with Crippen LogP contribution in [0.15, 0.2) is 18.2 Å². The molecule has 96 valence electrons. The molecule has 2 rings (SSSR count). The highest BCUT2D eigenvalue weighted by Gasteiger charge is 2.23. The molecule has 1 atom stereocenters. The number of hydrogen-bond donors (Lipinski definition) is 1. The van der Waals surface area contributed by atoms with Gasteiger partial charge in [0.2, 0.25) is 0 Å². The molecule has 0 saturated carbocycles. The van der Waals surface area contributed by atoms with Crippen molar-refractivity contribution in [3.63, 3.8) is 0 Å². The number of ether oxygens (including phenoxy) is 2. The molecule has 0 spiro atoms. The monoisotopic (exact) mass is 245 g/mol. The number of rotatable bonds is 5. The first-order chi connectivity index (χ1) is 8.85. The van der Waals surface area contributed by atoms with E-state index >= 15 is 0 Å². The summed E-state index contributed by atoms with van der Waals surface area (Å²) in [5.41, 5.74) is 1.22. The van der Waals surface area contributed by atoms with E-state index in [1.165, 1.54) is 5.56 Å². The Morgan fingerprint density at radius 2 is 2.39 bits per heavy atom. The molecule has 1 aromatic carbocycles. The van der Waals surface area contributed by atoms with Crippen LogP contribution in [0.25, 0.3) is 0 Å². The fourth-order valence-corrected chi connectivity index (χ4v) is 1.96. The fourth-order valence-electron chi connectivity index (χ4n) is 1.96. The van der Waals surface area contributed by atoms with Crippen LogP contribution in [0.5, 0.6) is 11.5 Å². The van der Waals surface area contributed by atoms with E-state index in [4.69, 9.17) is 9.47 Å². The molecule has 0 amide bonds. The van der Waals surface area contributed by atoms with Crippen molar-refractivity contribution in [3.05, 3.63) is 23.8 Å². The maximum atomic E-state index is 5.68. The Balaban J connectivity index is 2.02. The summed E-state index contributed by atoms with van der Waals surface area (Å²) < 4.78 is 11.2. The van der Waals surface area contributed by atoms with Crippen LogP contribution in [-0.2, 0) is 0 Å². The molecule has 1 aliphatic heterocycles. The van der Waals surface area contributed by atoms with Crippen molar-refractivity contribution < 1.29 is 9.47 Å². The van der Waals surface area contributed by atoms with Gasteiger partial charge in [-0.05, 0) is 32.0 Å². The molecule has 0 aromatic heterocycles. The lowest BCUT2D eigenvalue weighted by Gasteiger charge is -2.10. The second-order valence-corrected chi connectivity index (χ2v) is 4.23. The molecule has 0 bridgehead atoms. The van der Waals surface area contributed by atoms with Crippen molar-refractivity contribution in [1.82, 2.24) is 5.32 Å². The van der Waals surface area contributed by atoms with Gasteiger partial charge in [0.1, 0.15) is 24.7 Å². The topological polar surface area (TPSA) is 30.5 Å². The molecule has 1 heterocycles. The second-order valence-electron chi connectivity index (χ2n) is 4.23. The number of hydrogen-bond acceptors (Lipinski definition) is 3. The van der Waals surface area contributed by atoms with E-state index in [0.29, 0.717) is 19.3 Å². The standard InChI is InChI=1S/C15H19NO2/c1-3-5-9-17-12-6-7-13-14(16-8-4-2)11-18-15(13)10-12/h6-7,10,14,16H,4,8-9,11H2,1-2H3. The van der Waals surface area contributed by atoms with Gasteiger partial charge in [-0.25, -0.2) is 0 Å². The molecule has 1 aliphatic rings. The van der Waals surface area contributed by atoms with E-state index in [9.17, 15) is 0 Å². The summed E-state index contributed by atoms with van der Waals surface area (Å²) in [6, 6.07) is 6.31. The Hall–Kier alpha value is -1.66. The van der Waals surface area contributed by atoms with Crippen LogP contribution in [0.2, 0.25) is 0 Å². The predicted octanol–water partition coefficient (Wildman–Crippen LogP) is 2.52. The molecular formula is C15H19NO2. The Kier molecular flexibility index (Phi) is 4.49. The minimum Gasteiger partial charge on any atom is -0.491 e. The number of nitrogens with one attached hydrogen (secondary N) is 1. The normalized spacial score (nSPS) is 16.4. The summed E-state index contributed by atoms with van der Waals surface area (Å²) in [5, 5.41) is 3.47. The number of benzene rings is 1. The summed E-state index contributed by atoms with van der Waals surface area (Å²) >= 11 is 0. The molecular weight excluding hydrogens is 226 g/mol. The fraction of sp³-hybridized carbons (Fsp3) is 0.467. The molecule has 0 saturated heterocycles. The third kappa shape index (κ3) is 2.96. The second kappa shape index (κ2) is 6.32. The van der Waals surface area contributed by atoms with Crippen molar-refractivity contribution in [2.75, 3.05) is 19.8 Å². The molecule has 0 aliphatic carbocycles. The smallest absolute Gasteiger partial charge is 0.149 e. The van der Waals surface area contributed by atoms with E-state index in [2.05, 4.69) is 30.1 Å². The van der Waals surface area contributed by atoms with Crippen LogP contribution in [-0.4, -0.2) is 19.8 Å². The lowest BCUT2D eigenvalue weighted by atomic mass is 10.1. The molecule has 1 N–H and O–H groups in total. The zero-order chi connectivity index (χ0) is 12.8. The first kappa shape index (κ1) is 12.8. The van der Waals surface area contributed by atoms with Gasteiger partial charge in [0.05, 0.1) is 6.04 Å². The lowest BCUT2D eigenvalue weighted by molar-refractivity contribution is 0.309. The largest absolute Gasteiger partial charge is 0.491 e. The highest BCUT2D eigenvalue weighted by atomic mass is 16.5. The average molecular weight is 245 g/mol. The van der Waals surface area contributed by atoms with Gasteiger partial charge in [0.25, 0.3) is 0 Å². The van der Waals surface area contributed by atoms with Crippen molar-refractivity contribution >= 4 is 0 Å². The zero-order valence-corrected chi connectivity index (χ0v) is 11.0. The summed E-state index contributed by atoms with van der Waals surface area (Å²) in [5.74, 6) is 7.41. The third-order valence-corrected chi connectivity index (χ3v) is 2.89. The van der Waals surface area contributed by atoms with Crippen molar-refractivity contribution in [2.24, 2.45) is 0 Å². The van der Waals surface area contributed by atoms with Gasteiger partial charge in [-0.2, -0.15) is 0 Å². The van der Waals surface area contributed by atoms with Crippen LogP contribution in [0.3, 0.4) is 0 Å². The molecule has 0 radical (unpaired) electrons. The Bertz CT molecular complexity index is 459. The van der Waals surface area contributed by atoms with Crippen LogP contribution < -0.4 is 14.8 Å². The van der Waals surface area contributed by atoms with Crippen molar-refractivity contribution in [3.8, 4) is 23.3 Å². The summed E-state index contributed by atoms with van der Waals surface area (Å²) in [7, 11) is 0. The van der Waals surface area contributed by atoms with Gasteiger partial charge in [-0.1, -0.05) is 12.8 Å². The highest BCUT2D eigenvalue weighted by Crippen LogP contribution is 2.35. The molecule has 3 nitrogen and oxygen atoms in total. The predicted molar refractivity (Wildman–Crippen MR) is 71.9 cm³/mol. The molecule has 3 heteroatoms. The van der Waals surface area contributed by atoms with E-state index in [0.717, 1.165) is 24.5 Å². The Morgan fingerprint density at radius 1 is 1.50 bits per heavy atom. The van der Waals surface area contributed by atoms with Gasteiger partial charge >= 0.3 is 0 Å². The molecule has 0 fully saturated rings. The first-order valence-corrected chi connectivity index (χ1v) is 6.37. The molecule has 1 aromatic rings. The van der Waals surface area contributed by atoms with Crippen LogP contribution >= 0.6 is 0 Å². The van der Waals surface area contributed by atoms with E-state index in [1.54, 1.807) is 6.92 Å². The van der Waals surface area contributed by atoms with E-state index in [-0.39, 0.29) is 0 Å². The molecule has 18 heavy (non-hydrogen) atoms. The van der Waals surface area contributed by atoms with Gasteiger partial charge in [0, 0.05) is 11.6 Å². The minimum atomic E-state index is 0.310. The minimum absolute atomic E-state index is 0.310. The average Bonchev–Trinajstić information content (AvgIpc) is 2.79. The van der Waals surface area contributed by atoms with E-state index < -0.39 is 0 Å². The van der Waals surface area contributed by atoms with Crippen LogP contribution in [0.1, 0.15) is 31.9 Å². The number of fused-ring (bicyclic) bond motifs is 1. The maximum Gasteiger partial charge on any atom is 0.149 e.